The Morgan fingerprint density at radius 3 is 2.79 bits per heavy atom. The highest BCUT2D eigenvalue weighted by Crippen LogP contribution is 2.44. The summed E-state index contributed by atoms with van der Waals surface area (Å²) in [6, 6.07) is 10.1. The van der Waals surface area contributed by atoms with Crippen molar-refractivity contribution in [1.82, 2.24) is 5.01 Å². The minimum absolute atomic E-state index is 0.0629. The molecule has 38 heavy (non-hydrogen) atoms. The van der Waals surface area contributed by atoms with Gasteiger partial charge < -0.3 is 15.7 Å². The lowest BCUT2D eigenvalue weighted by atomic mass is 9.86. The van der Waals surface area contributed by atoms with Gasteiger partial charge in [-0.2, -0.15) is 13.2 Å². The highest BCUT2D eigenvalue weighted by molar-refractivity contribution is 6.30. The van der Waals surface area contributed by atoms with Crippen molar-refractivity contribution in [2.75, 3.05) is 17.2 Å². The van der Waals surface area contributed by atoms with Gasteiger partial charge in [-0.3, -0.25) is 9.79 Å². The Bertz CT molecular complexity index is 1460. The summed E-state index contributed by atoms with van der Waals surface area (Å²) in [5.74, 6) is 0.490. The Morgan fingerprint density at radius 2 is 2.00 bits per heavy atom. The third-order valence-electron chi connectivity index (χ3n) is 7.39. The number of carbonyl (C=O) groups is 1. The lowest BCUT2D eigenvalue weighted by Gasteiger charge is -2.36. The second kappa shape index (κ2) is 8.32. The smallest absolute Gasteiger partial charge is 0.391 e. The van der Waals surface area contributed by atoms with Gasteiger partial charge >= 0.3 is 12.0 Å². The monoisotopic (exact) mass is 524 g/mol. The van der Waals surface area contributed by atoms with E-state index in [1.54, 1.807) is 23.3 Å². The number of benzene rings is 2. The van der Waals surface area contributed by atoms with E-state index in [1.165, 1.54) is 24.5 Å². The molecule has 4 aliphatic heterocycles. The minimum Gasteiger partial charge on any atom is -0.391 e. The number of β-amino-alcohol motifs (C(OH)–C–C–N with tert-alkyl or cyclic N) is 1. The highest BCUT2D eigenvalue weighted by Gasteiger charge is 2.54. The first-order valence-electron chi connectivity index (χ1n) is 12.1. The number of quaternary nitrogens is 1. The number of aliphatic imine (C=N–C) groups is 2. The number of carbonyl (C=O) groups excluding carboxylic acids is 1. The van der Waals surface area contributed by atoms with Crippen LogP contribution in [0.1, 0.15) is 43.0 Å². The van der Waals surface area contributed by atoms with Crippen LogP contribution in [0.3, 0.4) is 0 Å². The number of fused-ring (bicyclic) bond motifs is 2. The molecular weight excluding hydrogens is 499 g/mol. The molecule has 2 aromatic carbocycles. The fourth-order valence-electron chi connectivity index (χ4n) is 5.46. The van der Waals surface area contributed by atoms with Crippen molar-refractivity contribution >= 4 is 35.3 Å². The van der Waals surface area contributed by atoms with Crippen LogP contribution in [0.25, 0.3) is 0 Å². The quantitative estimate of drug-likeness (QED) is 0.526. The SMILES string of the molecule is CC1(C)C(=O)Nc2cc(NC3=N[N+]4(N5C[C@@H](O)C[C@@H]5c5ccccc5C(F)(F)F)C=CN=CC4=N3)ccc21. The second-order valence-corrected chi connectivity index (χ2v) is 10.2. The van der Waals surface area contributed by atoms with Crippen molar-refractivity contribution < 1.29 is 27.8 Å². The average molecular weight is 525 g/mol. The number of nitrogens with one attached hydrogen (secondary N) is 2. The van der Waals surface area contributed by atoms with Crippen LogP contribution in [0.5, 0.6) is 0 Å². The molecule has 2 aromatic rings. The van der Waals surface area contributed by atoms with Crippen LogP contribution in [0.15, 0.2) is 70.0 Å². The zero-order chi connectivity index (χ0) is 26.9. The van der Waals surface area contributed by atoms with Crippen molar-refractivity contribution in [3.05, 3.63) is 71.6 Å². The number of guanidine groups is 1. The predicted octanol–water partition coefficient (Wildman–Crippen LogP) is 4.13. The number of rotatable bonds is 3. The molecule has 1 saturated heterocycles. The largest absolute Gasteiger partial charge is 0.416 e. The lowest BCUT2D eigenvalue weighted by molar-refractivity contribution is -0.921. The maximum Gasteiger partial charge on any atom is 0.416 e. The van der Waals surface area contributed by atoms with Gasteiger partial charge in [0.25, 0.3) is 5.96 Å². The van der Waals surface area contributed by atoms with Gasteiger partial charge in [0.1, 0.15) is 6.21 Å². The van der Waals surface area contributed by atoms with Crippen LogP contribution in [0.4, 0.5) is 24.5 Å². The van der Waals surface area contributed by atoms with Crippen LogP contribution in [-0.2, 0) is 16.4 Å². The van der Waals surface area contributed by atoms with Crippen molar-refractivity contribution in [3.8, 4) is 0 Å². The fraction of sp³-hybridized carbons (Fsp3) is 0.308. The molecule has 4 aliphatic rings. The van der Waals surface area contributed by atoms with E-state index in [0.717, 1.165) is 11.6 Å². The number of hydrogen-bond acceptors (Lipinski definition) is 7. The maximum atomic E-state index is 13.9. The van der Waals surface area contributed by atoms with E-state index in [4.69, 9.17) is 5.10 Å². The molecule has 1 fully saturated rings. The molecule has 1 amide bonds. The summed E-state index contributed by atoms with van der Waals surface area (Å²) in [5, 5.41) is 23.1. The van der Waals surface area contributed by atoms with Crippen LogP contribution in [-0.4, -0.2) is 51.4 Å². The number of nitrogens with zero attached hydrogens (tertiary/aromatic N) is 5. The third-order valence-corrected chi connectivity index (χ3v) is 7.39. The van der Waals surface area contributed by atoms with Gasteiger partial charge in [-0.1, -0.05) is 24.3 Å². The number of hydrogen-bond donors (Lipinski definition) is 3. The number of amidine groups is 1. The van der Waals surface area contributed by atoms with E-state index in [2.05, 4.69) is 20.6 Å². The zero-order valence-corrected chi connectivity index (χ0v) is 20.6. The van der Waals surface area contributed by atoms with Crippen LogP contribution in [0.2, 0.25) is 0 Å². The lowest BCUT2D eigenvalue weighted by Crippen LogP contribution is -2.56. The molecule has 0 aromatic heterocycles. The number of alkyl halides is 3. The molecule has 3 N–H and O–H groups in total. The fourth-order valence-corrected chi connectivity index (χ4v) is 5.46. The summed E-state index contributed by atoms with van der Waals surface area (Å²) in [7, 11) is 0. The molecule has 196 valence electrons. The highest BCUT2D eigenvalue weighted by atomic mass is 19.4. The summed E-state index contributed by atoms with van der Waals surface area (Å²) >= 11 is 0. The van der Waals surface area contributed by atoms with Gasteiger partial charge in [-0.05, 0) is 59.4 Å². The van der Waals surface area contributed by atoms with Crippen molar-refractivity contribution in [1.29, 1.82) is 0 Å². The molecule has 0 saturated carbocycles. The molecular formula is C26H25F3N7O2+. The third kappa shape index (κ3) is 3.75. The predicted molar refractivity (Wildman–Crippen MR) is 136 cm³/mol. The number of anilines is 2. The van der Waals surface area contributed by atoms with Gasteiger partial charge in [-0.25, -0.2) is 0 Å². The van der Waals surface area contributed by atoms with Crippen LogP contribution in [0, 0.1) is 0 Å². The number of aliphatic hydroxyl groups is 1. The molecule has 6 rings (SSSR count). The minimum atomic E-state index is -4.55. The summed E-state index contributed by atoms with van der Waals surface area (Å²) in [6.07, 6.45) is -0.677. The average Bonchev–Trinajstić information content (AvgIpc) is 3.50. The van der Waals surface area contributed by atoms with Gasteiger partial charge in [0, 0.05) is 11.4 Å². The summed E-state index contributed by atoms with van der Waals surface area (Å²) < 4.78 is 41.3. The summed E-state index contributed by atoms with van der Waals surface area (Å²) in [5.41, 5.74) is 0.859. The van der Waals surface area contributed by atoms with Gasteiger partial charge in [-0.15, -0.1) is 10.0 Å². The normalized spacial score (nSPS) is 27.6. The molecule has 0 bridgehead atoms. The molecule has 4 heterocycles. The molecule has 0 spiro atoms. The molecule has 9 nitrogen and oxygen atoms in total. The van der Waals surface area contributed by atoms with E-state index in [1.807, 2.05) is 26.0 Å². The second-order valence-electron chi connectivity index (χ2n) is 10.2. The van der Waals surface area contributed by atoms with Gasteiger partial charge in [0.05, 0.1) is 35.9 Å². The molecule has 3 atom stereocenters. The molecule has 12 heteroatoms. The van der Waals surface area contributed by atoms with Gasteiger partial charge in [0.2, 0.25) is 5.91 Å². The van der Waals surface area contributed by atoms with E-state index in [9.17, 15) is 23.1 Å². The zero-order valence-electron chi connectivity index (χ0n) is 20.6. The summed E-state index contributed by atoms with van der Waals surface area (Å²) in [4.78, 5) is 21.1. The van der Waals surface area contributed by atoms with Crippen molar-refractivity contribution in [2.24, 2.45) is 15.1 Å². The number of halogens is 3. The van der Waals surface area contributed by atoms with E-state index < -0.39 is 29.3 Å². The Labute approximate surface area is 216 Å². The molecule has 0 aliphatic carbocycles. The Hall–Kier alpha value is -3.87. The van der Waals surface area contributed by atoms with Gasteiger partial charge in [0.15, 0.2) is 6.20 Å². The topological polar surface area (TPSA) is 102 Å². The number of aliphatic hydroxyl groups excluding tert-OH is 1. The van der Waals surface area contributed by atoms with E-state index in [-0.39, 0.29) is 35.1 Å². The Kier molecular flexibility index (Phi) is 5.35. The first-order valence-corrected chi connectivity index (χ1v) is 12.1. The molecule has 1 unspecified atom stereocenters. The van der Waals surface area contributed by atoms with Crippen molar-refractivity contribution in [3.63, 3.8) is 0 Å². The summed E-state index contributed by atoms with van der Waals surface area (Å²) in [6.45, 7) is 3.78. The van der Waals surface area contributed by atoms with Crippen LogP contribution < -0.4 is 10.6 Å². The first kappa shape index (κ1) is 24.5. The number of amides is 1. The first-order chi connectivity index (χ1) is 18.0. The van der Waals surface area contributed by atoms with Crippen molar-refractivity contribution in [2.45, 2.75) is 44.0 Å². The molecule has 0 radical (unpaired) electrons. The Morgan fingerprint density at radius 1 is 1.21 bits per heavy atom. The Balaban J connectivity index is 1.37. The van der Waals surface area contributed by atoms with E-state index in [0.29, 0.717) is 17.2 Å². The maximum absolute atomic E-state index is 13.9. The van der Waals surface area contributed by atoms with E-state index >= 15 is 0 Å². The van der Waals surface area contributed by atoms with Crippen LogP contribution >= 0.6 is 0 Å². The standard InChI is InChI=1S/C26H24F3N7O2/c1-25(2)19-8-7-15(11-20(19)32-23(25)38)31-24-33-22-13-30-9-10-36(22,34-24)35-14-16(37)12-21(35)17-5-3-4-6-18(17)26(27,28)29/h3-11,13,16,21,37H,12,14H2,1-2H3,(H-,31,32,34,38)/p+1/t16-,21+,36?/m0/s1.